The van der Waals surface area contributed by atoms with Gasteiger partial charge in [0, 0.05) is 31.5 Å². The van der Waals surface area contributed by atoms with Crippen molar-refractivity contribution in [1.82, 2.24) is 4.98 Å². The molecule has 3 atom stereocenters. The van der Waals surface area contributed by atoms with Gasteiger partial charge in [0.05, 0.1) is 16.6 Å². The molecule has 1 fully saturated rings. The van der Waals surface area contributed by atoms with Crippen molar-refractivity contribution in [3.8, 4) is 5.75 Å². The van der Waals surface area contributed by atoms with Crippen LogP contribution >= 0.6 is 50.6 Å². The van der Waals surface area contributed by atoms with Gasteiger partial charge in [-0.25, -0.2) is 4.90 Å². The molecule has 6 rings (SSSR count). The summed E-state index contributed by atoms with van der Waals surface area (Å²) in [6.07, 6.45) is 0. The summed E-state index contributed by atoms with van der Waals surface area (Å²) in [6.45, 7) is 1.65. The lowest BCUT2D eigenvalue weighted by Crippen LogP contribution is -2.32. The summed E-state index contributed by atoms with van der Waals surface area (Å²) < 4.78 is 6.74. The van der Waals surface area contributed by atoms with E-state index in [1.165, 1.54) is 16.7 Å². The van der Waals surface area contributed by atoms with E-state index in [1.807, 2.05) is 31.2 Å². The number of aryl methyl sites for hydroxylation is 1. The summed E-state index contributed by atoms with van der Waals surface area (Å²) in [5, 5.41) is 3.09. The quantitative estimate of drug-likeness (QED) is 0.245. The lowest BCUT2D eigenvalue weighted by Gasteiger charge is -2.31. The number of rotatable bonds is 6. The molecule has 0 bridgehead atoms. The highest BCUT2D eigenvalue weighted by Crippen LogP contribution is 2.54. The Hall–Kier alpha value is -3.38. The van der Waals surface area contributed by atoms with Gasteiger partial charge >= 0.3 is 4.87 Å². The highest BCUT2D eigenvalue weighted by Gasteiger charge is 2.56. The Morgan fingerprint density at radius 1 is 1.07 bits per heavy atom. The van der Waals surface area contributed by atoms with E-state index < -0.39 is 17.1 Å². The van der Waals surface area contributed by atoms with E-state index in [-0.39, 0.29) is 29.2 Å². The molecule has 208 valence electrons. The first-order chi connectivity index (χ1) is 19.7. The number of anilines is 2. The number of amides is 3. The third kappa shape index (κ3) is 5.34. The number of nitrogens with zero attached hydrogens (tertiary/aromatic N) is 1. The van der Waals surface area contributed by atoms with Gasteiger partial charge in [0.1, 0.15) is 11.0 Å². The van der Waals surface area contributed by atoms with Gasteiger partial charge in [-0.05, 0) is 67.1 Å². The van der Waals surface area contributed by atoms with Crippen molar-refractivity contribution in [3.63, 3.8) is 0 Å². The first-order valence-electron chi connectivity index (χ1n) is 12.5. The molecule has 4 aromatic rings. The molecular formula is C29H21BrClN3O5S2. The number of aromatic amines is 1. The van der Waals surface area contributed by atoms with Crippen LogP contribution in [0, 0.1) is 12.8 Å². The van der Waals surface area contributed by atoms with Gasteiger partial charge in [0.25, 0.3) is 5.91 Å². The number of fused-ring (bicyclic) bond motifs is 2. The number of H-pyrrole nitrogens is 1. The Kier molecular flexibility index (Phi) is 7.54. The maximum Gasteiger partial charge on any atom is 0.305 e. The summed E-state index contributed by atoms with van der Waals surface area (Å²) >= 11 is 11.8. The third-order valence-corrected chi connectivity index (χ3v) is 10.0. The molecule has 2 N–H and O–H groups in total. The Labute approximate surface area is 256 Å². The fraction of sp³-hybridized carbons (Fsp3) is 0.172. The maximum absolute atomic E-state index is 14.0. The average Bonchev–Trinajstić information content (AvgIpc) is 3.42. The zero-order valence-electron chi connectivity index (χ0n) is 21.4. The molecule has 12 heteroatoms. The molecule has 1 saturated heterocycles. The fourth-order valence-electron chi connectivity index (χ4n) is 5.15. The van der Waals surface area contributed by atoms with E-state index in [1.54, 1.807) is 42.5 Å². The van der Waals surface area contributed by atoms with Crippen LogP contribution in [0.15, 0.2) is 81.0 Å². The number of halogens is 2. The van der Waals surface area contributed by atoms with E-state index in [0.29, 0.717) is 37.6 Å². The summed E-state index contributed by atoms with van der Waals surface area (Å²) in [5.74, 6) is -2.20. The van der Waals surface area contributed by atoms with E-state index >= 15 is 0 Å². The molecule has 1 aromatic heterocycles. The lowest BCUT2D eigenvalue weighted by atomic mass is 9.82. The van der Waals surface area contributed by atoms with Crippen LogP contribution in [-0.2, 0) is 14.4 Å². The van der Waals surface area contributed by atoms with Crippen LogP contribution in [0.2, 0.25) is 5.02 Å². The van der Waals surface area contributed by atoms with Gasteiger partial charge in [0.2, 0.25) is 11.8 Å². The number of aromatic nitrogens is 1. The van der Waals surface area contributed by atoms with Crippen LogP contribution < -0.4 is 19.8 Å². The van der Waals surface area contributed by atoms with Crippen molar-refractivity contribution in [2.45, 2.75) is 23.1 Å². The number of imide groups is 1. The molecule has 0 spiro atoms. The number of hydrogen-bond acceptors (Lipinski definition) is 7. The van der Waals surface area contributed by atoms with Crippen molar-refractivity contribution in [2.24, 2.45) is 5.92 Å². The van der Waals surface area contributed by atoms with Crippen LogP contribution in [0.5, 0.6) is 5.75 Å². The van der Waals surface area contributed by atoms with Crippen molar-refractivity contribution in [1.29, 1.82) is 0 Å². The molecule has 41 heavy (non-hydrogen) atoms. The van der Waals surface area contributed by atoms with Gasteiger partial charge in [-0.1, -0.05) is 62.8 Å². The summed E-state index contributed by atoms with van der Waals surface area (Å²) in [5.41, 5.74) is 2.68. The predicted molar refractivity (Wildman–Crippen MR) is 163 cm³/mol. The minimum absolute atomic E-state index is 0.280. The van der Waals surface area contributed by atoms with Crippen LogP contribution in [0.25, 0.3) is 0 Å². The number of thioether (sulfide) groups is 1. The topological polar surface area (TPSA) is 109 Å². The van der Waals surface area contributed by atoms with Crippen LogP contribution in [0.3, 0.4) is 0 Å². The Morgan fingerprint density at radius 2 is 1.85 bits per heavy atom. The first kappa shape index (κ1) is 27.8. The zero-order valence-corrected chi connectivity index (χ0v) is 25.3. The Morgan fingerprint density at radius 3 is 2.61 bits per heavy atom. The number of nitrogens with one attached hydrogen (secondary N) is 2. The number of hydrogen-bond donors (Lipinski definition) is 2. The highest BCUT2D eigenvalue weighted by atomic mass is 79.9. The van der Waals surface area contributed by atoms with Gasteiger partial charge < -0.3 is 15.0 Å². The van der Waals surface area contributed by atoms with Crippen LogP contribution in [-0.4, -0.2) is 34.6 Å². The molecule has 2 aliphatic heterocycles. The molecule has 3 aromatic carbocycles. The van der Waals surface area contributed by atoms with Crippen LogP contribution in [0.1, 0.15) is 21.9 Å². The molecule has 0 saturated carbocycles. The zero-order chi connectivity index (χ0) is 28.8. The number of ether oxygens (including phenoxy) is 1. The number of carbonyl (C=O) groups is 3. The van der Waals surface area contributed by atoms with E-state index in [2.05, 4.69) is 26.2 Å². The second kappa shape index (κ2) is 11.1. The van der Waals surface area contributed by atoms with E-state index in [9.17, 15) is 19.2 Å². The summed E-state index contributed by atoms with van der Waals surface area (Å²) in [7, 11) is 0. The molecular weight excluding hydrogens is 650 g/mol. The lowest BCUT2D eigenvalue weighted by molar-refractivity contribution is -0.122. The Balaban J connectivity index is 1.36. The molecule has 2 aliphatic rings. The van der Waals surface area contributed by atoms with Gasteiger partial charge in [-0.2, -0.15) is 0 Å². The van der Waals surface area contributed by atoms with Gasteiger partial charge in [-0.15, -0.1) is 0 Å². The summed E-state index contributed by atoms with van der Waals surface area (Å²) in [6, 6.07) is 19.2. The van der Waals surface area contributed by atoms with Gasteiger partial charge in [-0.3, -0.25) is 19.2 Å². The molecule has 2 unspecified atom stereocenters. The van der Waals surface area contributed by atoms with E-state index in [4.69, 9.17) is 16.3 Å². The standard InChI is InChI=1S/C29H21BrClN3O5S2/c1-14-3-2-4-17(11-14)32-21(35)13-39-20-10-5-15(30)12-19(20)22-23-25(40-26-24(22)41-29(38)33-26)28(37)34(27(23)36)18-8-6-16(31)7-9-18/h2-12,22-23,25H,13H2,1H3,(H,32,35)(H,33,38)/t22-,23?,25?/m1/s1. The largest absolute Gasteiger partial charge is 0.483 e. The molecule has 0 radical (unpaired) electrons. The van der Waals surface area contributed by atoms with Crippen molar-refractivity contribution < 1.29 is 19.1 Å². The Bertz CT molecular complexity index is 1760. The molecule has 3 amide bonds. The van der Waals surface area contributed by atoms with E-state index in [0.717, 1.165) is 21.4 Å². The minimum atomic E-state index is -0.806. The summed E-state index contributed by atoms with van der Waals surface area (Å²) in [4.78, 5) is 57.2. The number of benzene rings is 3. The maximum atomic E-state index is 14.0. The molecule has 0 aliphatic carbocycles. The van der Waals surface area contributed by atoms with Gasteiger partial charge in [0.15, 0.2) is 6.61 Å². The smallest absolute Gasteiger partial charge is 0.305 e. The number of carbonyl (C=O) groups excluding carboxylic acids is 3. The molecule has 3 heterocycles. The molecule has 8 nitrogen and oxygen atoms in total. The predicted octanol–water partition coefficient (Wildman–Crippen LogP) is 5.97. The monoisotopic (exact) mass is 669 g/mol. The fourth-order valence-corrected chi connectivity index (χ4v) is 8.16. The van der Waals surface area contributed by atoms with Crippen LogP contribution in [0.4, 0.5) is 11.4 Å². The minimum Gasteiger partial charge on any atom is -0.483 e. The normalized spacial score (nSPS) is 19.6. The average molecular weight is 671 g/mol. The first-order valence-corrected chi connectivity index (χ1v) is 15.4. The van der Waals surface area contributed by atoms with Crippen molar-refractivity contribution in [3.05, 3.63) is 102 Å². The van der Waals surface area contributed by atoms with Crippen molar-refractivity contribution >= 4 is 79.7 Å². The van der Waals surface area contributed by atoms with Crippen molar-refractivity contribution in [2.75, 3.05) is 16.8 Å². The third-order valence-electron chi connectivity index (χ3n) is 6.88. The second-order valence-corrected chi connectivity index (χ2v) is 13.1. The SMILES string of the molecule is Cc1cccc(NC(=O)COc2ccc(Br)cc2[C@H]2c3sc(=O)[nH]c3SC3C(=O)N(c4ccc(Cl)cc4)C(=O)C32)c1. The number of thiazole rings is 1. The second-order valence-electron chi connectivity index (χ2n) is 9.63. The highest BCUT2D eigenvalue weighted by molar-refractivity contribution is 9.10.